The number of nitrogens with zero attached hydrogens (tertiary/aromatic N) is 2. The second-order valence-corrected chi connectivity index (χ2v) is 4.72. The Bertz CT molecular complexity index is 404. The molecule has 0 aromatic carbocycles. The summed E-state index contributed by atoms with van der Waals surface area (Å²) in [6.07, 6.45) is 2.04. The highest BCUT2D eigenvalue weighted by atomic mass is 35.5. The summed E-state index contributed by atoms with van der Waals surface area (Å²) >= 11 is 11.0. The summed E-state index contributed by atoms with van der Waals surface area (Å²) in [4.78, 5) is 7.01. The number of hydrogen-bond acceptors (Lipinski definition) is 4. The van der Waals surface area contributed by atoms with Gasteiger partial charge in [-0.05, 0) is 0 Å². The van der Waals surface area contributed by atoms with Crippen LogP contribution in [0.5, 0.6) is 0 Å². The summed E-state index contributed by atoms with van der Waals surface area (Å²) in [6, 6.07) is 0. The molecule has 0 amide bonds. The molecule has 0 saturated heterocycles. The van der Waals surface area contributed by atoms with Crippen molar-refractivity contribution in [1.82, 2.24) is 9.97 Å². The third-order valence-corrected chi connectivity index (χ3v) is 2.93. The van der Waals surface area contributed by atoms with Crippen LogP contribution < -0.4 is 0 Å². The van der Waals surface area contributed by atoms with Crippen molar-refractivity contribution in [3.8, 4) is 0 Å². The van der Waals surface area contributed by atoms with E-state index in [9.17, 15) is 8.42 Å². The smallest absolute Gasteiger partial charge is 0.194 e. The molecule has 1 rings (SSSR count). The van der Waals surface area contributed by atoms with E-state index in [0.717, 1.165) is 12.6 Å². The van der Waals surface area contributed by atoms with Gasteiger partial charge >= 0.3 is 0 Å². The molecule has 0 unspecified atom stereocenters. The van der Waals surface area contributed by atoms with Gasteiger partial charge in [0.25, 0.3) is 0 Å². The van der Waals surface area contributed by atoms with E-state index in [0.29, 0.717) is 0 Å². The molecule has 0 aliphatic heterocycles. The van der Waals surface area contributed by atoms with Gasteiger partial charge in [-0.3, -0.25) is 0 Å². The lowest BCUT2D eigenvalue weighted by Gasteiger charge is -1.99. The Labute approximate surface area is 79.5 Å². The number of rotatable bonds is 1. The van der Waals surface area contributed by atoms with E-state index < -0.39 is 9.84 Å². The number of sulfone groups is 1. The first-order valence-corrected chi connectivity index (χ1v) is 5.43. The van der Waals surface area contributed by atoms with Gasteiger partial charge in [-0.2, -0.15) is 0 Å². The van der Waals surface area contributed by atoms with Crippen molar-refractivity contribution >= 4 is 33.0 Å². The first-order valence-electron chi connectivity index (χ1n) is 2.79. The third kappa shape index (κ3) is 1.85. The van der Waals surface area contributed by atoms with E-state index in [1.165, 1.54) is 0 Å². The Balaban J connectivity index is 3.47. The molecule has 0 fully saturated rings. The van der Waals surface area contributed by atoms with E-state index >= 15 is 0 Å². The summed E-state index contributed by atoms with van der Waals surface area (Å²) in [5.41, 5.74) is 0. The highest BCUT2D eigenvalue weighted by molar-refractivity contribution is 7.90. The lowest BCUT2D eigenvalue weighted by Crippen LogP contribution is -2.02. The first kappa shape index (κ1) is 9.70. The van der Waals surface area contributed by atoms with E-state index in [-0.39, 0.29) is 15.2 Å². The van der Waals surface area contributed by atoms with Crippen LogP contribution in [0.1, 0.15) is 0 Å². The number of hydrogen-bond donors (Lipinski definition) is 0. The molecule has 7 heteroatoms. The maximum Gasteiger partial charge on any atom is 0.194 e. The summed E-state index contributed by atoms with van der Waals surface area (Å²) in [7, 11) is -3.42. The Morgan fingerprint density at radius 1 is 1.33 bits per heavy atom. The fraction of sp³-hybridized carbons (Fsp3) is 0.200. The Kier molecular flexibility index (Phi) is 2.55. The Hall–Kier alpha value is -0.390. The molecule has 12 heavy (non-hydrogen) atoms. The summed E-state index contributed by atoms with van der Waals surface area (Å²) in [5, 5.41) is -0.446. The maximum atomic E-state index is 11.0. The highest BCUT2D eigenvalue weighted by Crippen LogP contribution is 2.24. The number of aromatic nitrogens is 2. The van der Waals surface area contributed by atoms with E-state index in [2.05, 4.69) is 9.97 Å². The van der Waals surface area contributed by atoms with E-state index in [4.69, 9.17) is 23.2 Å². The minimum absolute atomic E-state index is 0.0629. The maximum absolute atomic E-state index is 11.0. The zero-order valence-electron chi connectivity index (χ0n) is 5.95. The van der Waals surface area contributed by atoms with E-state index in [1.54, 1.807) is 0 Å². The third-order valence-electron chi connectivity index (χ3n) is 1.07. The summed E-state index contributed by atoms with van der Waals surface area (Å²) in [5.74, 6) is 0. The van der Waals surface area contributed by atoms with Crippen LogP contribution in [0.2, 0.25) is 10.2 Å². The molecule has 1 aromatic heterocycles. The normalized spacial score (nSPS) is 11.6. The minimum atomic E-state index is -3.42. The van der Waals surface area contributed by atoms with Crippen molar-refractivity contribution in [1.29, 1.82) is 0 Å². The molecular formula is C5H4Cl2N2O2S. The lowest BCUT2D eigenvalue weighted by molar-refractivity contribution is 0.598. The second kappa shape index (κ2) is 3.16. The minimum Gasteiger partial charge on any atom is -0.223 e. The fourth-order valence-electron chi connectivity index (χ4n) is 0.592. The number of halogens is 2. The molecule has 66 valence electrons. The second-order valence-electron chi connectivity index (χ2n) is 2.06. The van der Waals surface area contributed by atoms with Crippen LogP contribution in [-0.2, 0) is 9.84 Å². The molecule has 0 radical (unpaired) electrons. The van der Waals surface area contributed by atoms with Gasteiger partial charge < -0.3 is 0 Å². The molecular weight excluding hydrogens is 223 g/mol. The van der Waals surface area contributed by atoms with Gasteiger partial charge in [-0.25, -0.2) is 18.4 Å². The quantitative estimate of drug-likeness (QED) is 0.676. The highest BCUT2D eigenvalue weighted by Gasteiger charge is 2.16. The average Bonchev–Trinajstić information content (AvgIpc) is 1.92. The van der Waals surface area contributed by atoms with E-state index in [1.807, 2.05) is 0 Å². The van der Waals surface area contributed by atoms with Gasteiger partial charge in [-0.1, -0.05) is 23.2 Å². The Morgan fingerprint density at radius 3 is 2.33 bits per heavy atom. The van der Waals surface area contributed by atoms with Gasteiger partial charge in [0, 0.05) is 6.26 Å². The van der Waals surface area contributed by atoms with Gasteiger partial charge in [0.15, 0.2) is 20.0 Å². The lowest BCUT2D eigenvalue weighted by atomic mass is 10.7. The van der Waals surface area contributed by atoms with Crippen LogP contribution in [0.25, 0.3) is 0 Å². The SMILES string of the molecule is CS(=O)(=O)c1ncnc(Cl)c1Cl. The van der Waals surface area contributed by atoms with Gasteiger partial charge in [0.05, 0.1) is 0 Å². The molecule has 0 spiro atoms. The largest absolute Gasteiger partial charge is 0.223 e. The molecule has 4 nitrogen and oxygen atoms in total. The Morgan fingerprint density at radius 2 is 1.92 bits per heavy atom. The molecule has 0 saturated carbocycles. The van der Waals surface area contributed by atoms with Crippen LogP contribution in [0.15, 0.2) is 11.4 Å². The molecule has 0 N–H and O–H groups in total. The van der Waals surface area contributed by atoms with Crippen LogP contribution in [0.3, 0.4) is 0 Å². The van der Waals surface area contributed by atoms with Crippen LogP contribution in [0, 0.1) is 0 Å². The van der Waals surface area contributed by atoms with Gasteiger partial charge in [0.1, 0.15) is 11.3 Å². The first-order chi connectivity index (χ1) is 5.43. The van der Waals surface area contributed by atoms with Crippen molar-refractivity contribution in [3.63, 3.8) is 0 Å². The molecule has 0 atom stereocenters. The fourth-order valence-corrected chi connectivity index (χ4v) is 1.96. The average molecular weight is 227 g/mol. The van der Waals surface area contributed by atoms with Crippen molar-refractivity contribution in [2.45, 2.75) is 5.03 Å². The summed E-state index contributed by atoms with van der Waals surface area (Å²) < 4.78 is 21.9. The molecule has 0 bridgehead atoms. The zero-order chi connectivity index (χ0) is 9.35. The van der Waals surface area contributed by atoms with Crippen molar-refractivity contribution in [2.24, 2.45) is 0 Å². The monoisotopic (exact) mass is 226 g/mol. The van der Waals surface area contributed by atoms with Gasteiger partial charge in [0.2, 0.25) is 0 Å². The summed E-state index contributed by atoms with van der Waals surface area (Å²) in [6.45, 7) is 0. The van der Waals surface area contributed by atoms with Crippen molar-refractivity contribution in [3.05, 3.63) is 16.5 Å². The van der Waals surface area contributed by atoms with Gasteiger partial charge in [-0.15, -0.1) is 0 Å². The molecule has 1 aromatic rings. The van der Waals surface area contributed by atoms with Crippen molar-refractivity contribution in [2.75, 3.05) is 6.26 Å². The predicted molar refractivity (Wildman–Crippen MR) is 45.2 cm³/mol. The molecule has 1 heterocycles. The van der Waals surface area contributed by atoms with Crippen LogP contribution in [0.4, 0.5) is 0 Å². The van der Waals surface area contributed by atoms with Crippen molar-refractivity contribution < 1.29 is 8.42 Å². The standard InChI is InChI=1S/C5H4Cl2N2O2S/c1-12(10,11)5-3(6)4(7)8-2-9-5/h2H,1H3. The van der Waals surface area contributed by atoms with Crippen LogP contribution >= 0.6 is 23.2 Å². The molecule has 0 aliphatic carbocycles. The topological polar surface area (TPSA) is 59.9 Å². The zero-order valence-corrected chi connectivity index (χ0v) is 8.28. The predicted octanol–water partition coefficient (Wildman–Crippen LogP) is 1.19. The molecule has 0 aliphatic rings. The van der Waals surface area contributed by atoms with Crippen LogP contribution in [-0.4, -0.2) is 24.6 Å².